The molecule has 0 amide bonds. The summed E-state index contributed by atoms with van der Waals surface area (Å²) in [6.45, 7) is 10.0. The van der Waals surface area contributed by atoms with Gasteiger partial charge in [-0.25, -0.2) is 26.3 Å². The molecule has 4 nitrogen and oxygen atoms in total. The third-order valence-electron chi connectivity index (χ3n) is 8.47. The SMILES string of the molecule is Cc1ccccc1-n1cc(C)c(=O)c(C)c1-c1c(F)cc(F)cc1F.Cc1ccccc1-n1cc(C)c(=O)c(C)c1-c1c(F)cc(F)cc1F. The summed E-state index contributed by atoms with van der Waals surface area (Å²) in [4.78, 5) is 24.8. The predicted octanol–water partition coefficient (Wildman–Crippen LogP) is 9.69. The van der Waals surface area contributed by atoms with Crippen LogP contribution in [0.1, 0.15) is 33.4 Å². The maximum Gasteiger partial charge on any atom is 0.188 e. The predicted molar refractivity (Wildman–Crippen MR) is 183 cm³/mol. The van der Waals surface area contributed by atoms with Crippen molar-refractivity contribution in [3.8, 4) is 33.9 Å². The second-order valence-corrected chi connectivity index (χ2v) is 12.0. The maximum atomic E-state index is 14.4. The summed E-state index contributed by atoms with van der Waals surface area (Å²) < 4.78 is 87.4. The Morgan fingerprint density at radius 1 is 0.440 bits per heavy atom. The standard InChI is InChI=1S/2C20H16F3NO/c2*1-11-6-4-5-7-17(11)24-10-12(2)20(25)13(3)19(24)18-15(22)8-14(21)9-16(18)23/h2*4-10H,1-3H3. The zero-order chi connectivity index (χ0) is 36.6. The zero-order valence-corrected chi connectivity index (χ0v) is 28.1. The van der Waals surface area contributed by atoms with Gasteiger partial charge in [-0.1, -0.05) is 36.4 Å². The molecule has 0 fully saturated rings. The third-order valence-corrected chi connectivity index (χ3v) is 8.47. The molecule has 2 aromatic heterocycles. The molecule has 6 rings (SSSR count). The average molecular weight is 687 g/mol. The van der Waals surface area contributed by atoms with Crippen LogP contribution in [0.2, 0.25) is 0 Å². The molecular formula is C40H32F6N2O2. The Kier molecular flexibility index (Phi) is 10.0. The highest BCUT2D eigenvalue weighted by molar-refractivity contribution is 5.69. The van der Waals surface area contributed by atoms with Gasteiger partial charge in [-0.15, -0.1) is 0 Å². The lowest BCUT2D eigenvalue weighted by Gasteiger charge is -2.20. The maximum absolute atomic E-state index is 14.4. The number of para-hydroxylation sites is 2. The fourth-order valence-electron chi connectivity index (χ4n) is 6.00. The van der Waals surface area contributed by atoms with Crippen LogP contribution in [0.5, 0.6) is 0 Å². The minimum Gasteiger partial charge on any atom is -0.315 e. The monoisotopic (exact) mass is 686 g/mol. The van der Waals surface area contributed by atoms with Crippen LogP contribution in [0.3, 0.4) is 0 Å². The van der Waals surface area contributed by atoms with Crippen molar-refractivity contribution in [1.82, 2.24) is 9.13 Å². The second kappa shape index (κ2) is 14.1. The number of rotatable bonds is 4. The highest BCUT2D eigenvalue weighted by atomic mass is 19.2. The minimum absolute atomic E-state index is 0.0832. The number of aromatic nitrogens is 2. The first-order valence-corrected chi connectivity index (χ1v) is 15.5. The molecule has 256 valence electrons. The van der Waals surface area contributed by atoms with Gasteiger partial charge >= 0.3 is 0 Å². The molecule has 0 radical (unpaired) electrons. The fraction of sp³-hybridized carbons (Fsp3) is 0.150. The van der Waals surface area contributed by atoms with Gasteiger partial charge in [0.1, 0.15) is 34.9 Å². The van der Waals surface area contributed by atoms with E-state index in [1.54, 1.807) is 59.6 Å². The third kappa shape index (κ3) is 6.65. The first-order chi connectivity index (χ1) is 23.6. The molecule has 0 aliphatic rings. The topological polar surface area (TPSA) is 44.0 Å². The van der Waals surface area contributed by atoms with E-state index in [0.29, 0.717) is 46.8 Å². The molecule has 2 heterocycles. The first-order valence-electron chi connectivity index (χ1n) is 15.5. The van der Waals surface area contributed by atoms with E-state index in [-0.39, 0.29) is 33.4 Å². The smallest absolute Gasteiger partial charge is 0.188 e. The number of hydrogen-bond donors (Lipinski definition) is 0. The van der Waals surface area contributed by atoms with Crippen molar-refractivity contribution in [2.24, 2.45) is 0 Å². The van der Waals surface area contributed by atoms with Crippen molar-refractivity contribution in [1.29, 1.82) is 0 Å². The van der Waals surface area contributed by atoms with E-state index in [4.69, 9.17) is 0 Å². The number of hydrogen-bond acceptors (Lipinski definition) is 2. The van der Waals surface area contributed by atoms with Gasteiger partial charge in [0, 0.05) is 70.3 Å². The van der Waals surface area contributed by atoms with Crippen molar-refractivity contribution in [2.75, 3.05) is 0 Å². The highest BCUT2D eigenvalue weighted by Gasteiger charge is 2.23. The van der Waals surface area contributed by atoms with Gasteiger partial charge in [-0.3, -0.25) is 9.59 Å². The summed E-state index contributed by atoms with van der Waals surface area (Å²) in [5.74, 6) is -6.21. The van der Waals surface area contributed by atoms with Gasteiger partial charge in [0.05, 0.1) is 22.5 Å². The Hall–Kier alpha value is -5.64. The quantitative estimate of drug-likeness (QED) is 0.173. The zero-order valence-electron chi connectivity index (χ0n) is 28.1. The Bertz CT molecular complexity index is 2200. The summed E-state index contributed by atoms with van der Waals surface area (Å²) in [7, 11) is 0. The van der Waals surface area contributed by atoms with Gasteiger partial charge < -0.3 is 9.13 Å². The fourth-order valence-corrected chi connectivity index (χ4v) is 6.00. The van der Waals surface area contributed by atoms with E-state index < -0.39 is 46.0 Å². The van der Waals surface area contributed by atoms with Crippen molar-refractivity contribution >= 4 is 0 Å². The summed E-state index contributed by atoms with van der Waals surface area (Å²) in [5, 5.41) is 0. The Labute approximate surface area is 284 Å². The van der Waals surface area contributed by atoms with E-state index in [1.807, 2.05) is 38.1 Å². The van der Waals surface area contributed by atoms with Crippen molar-refractivity contribution < 1.29 is 26.3 Å². The summed E-state index contributed by atoms with van der Waals surface area (Å²) in [6.07, 6.45) is 3.10. The van der Waals surface area contributed by atoms with Crippen molar-refractivity contribution in [3.05, 3.63) is 174 Å². The Balaban J connectivity index is 0.000000194. The van der Waals surface area contributed by atoms with Gasteiger partial charge in [0.2, 0.25) is 0 Å². The van der Waals surface area contributed by atoms with Crippen LogP contribution >= 0.6 is 0 Å². The normalized spacial score (nSPS) is 11.0. The molecule has 0 spiro atoms. The summed E-state index contributed by atoms with van der Waals surface area (Å²) >= 11 is 0. The molecule has 0 bridgehead atoms. The lowest BCUT2D eigenvalue weighted by Crippen LogP contribution is -2.18. The summed E-state index contributed by atoms with van der Waals surface area (Å²) in [6, 6.07) is 17.1. The second-order valence-electron chi connectivity index (χ2n) is 12.0. The molecule has 0 saturated heterocycles. The van der Waals surface area contributed by atoms with E-state index in [1.165, 1.54) is 13.8 Å². The van der Waals surface area contributed by atoms with E-state index in [0.717, 1.165) is 11.1 Å². The van der Waals surface area contributed by atoms with Gasteiger partial charge in [-0.2, -0.15) is 0 Å². The van der Waals surface area contributed by atoms with Crippen LogP contribution in [0.25, 0.3) is 33.9 Å². The molecular weight excluding hydrogens is 654 g/mol. The molecule has 0 saturated carbocycles. The van der Waals surface area contributed by atoms with Gasteiger partial charge in [-0.05, 0) is 64.8 Å². The molecule has 0 unspecified atom stereocenters. The number of benzene rings is 4. The van der Waals surface area contributed by atoms with Crippen LogP contribution in [0.15, 0.2) is 94.8 Å². The lowest BCUT2D eigenvalue weighted by atomic mass is 10.0. The van der Waals surface area contributed by atoms with E-state index >= 15 is 0 Å². The molecule has 10 heteroatoms. The number of halogens is 6. The minimum atomic E-state index is -1.05. The first kappa shape index (κ1) is 35.7. The molecule has 4 aromatic carbocycles. The summed E-state index contributed by atoms with van der Waals surface area (Å²) in [5.41, 5.74) is 3.14. The molecule has 0 N–H and O–H groups in total. The van der Waals surface area contributed by atoms with Crippen molar-refractivity contribution in [2.45, 2.75) is 41.5 Å². The van der Waals surface area contributed by atoms with Crippen LogP contribution in [0, 0.1) is 76.4 Å². The van der Waals surface area contributed by atoms with E-state index in [9.17, 15) is 35.9 Å². The largest absolute Gasteiger partial charge is 0.315 e. The highest BCUT2D eigenvalue weighted by Crippen LogP contribution is 2.33. The van der Waals surface area contributed by atoms with Crippen LogP contribution < -0.4 is 10.9 Å². The molecule has 50 heavy (non-hydrogen) atoms. The molecule has 0 aliphatic carbocycles. The van der Waals surface area contributed by atoms with Crippen LogP contribution in [-0.4, -0.2) is 9.13 Å². The Morgan fingerprint density at radius 3 is 1.04 bits per heavy atom. The molecule has 6 aromatic rings. The number of pyridine rings is 2. The van der Waals surface area contributed by atoms with Crippen LogP contribution in [0.4, 0.5) is 26.3 Å². The Morgan fingerprint density at radius 2 is 0.740 bits per heavy atom. The van der Waals surface area contributed by atoms with Crippen molar-refractivity contribution in [3.63, 3.8) is 0 Å². The average Bonchev–Trinajstić information content (AvgIpc) is 3.04. The van der Waals surface area contributed by atoms with Gasteiger partial charge in [0.25, 0.3) is 0 Å². The van der Waals surface area contributed by atoms with Crippen LogP contribution in [-0.2, 0) is 0 Å². The van der Waals surface area contributed by atoms with Gasteiger partial charge in [0.15, 0.2) is 10.9 Å². The molecule has 0 aliphatic heterocycles. The number of nitrogens with zero attached hydrogens (tertiary/aromatic N) is 2. The molecule has 0 atom stereocenters. The lowest BCUT2D eigenvalue weighted by molar-refractivity contribution is 0.545. The number of aryl methyl sites for hydroxylation is 4. The van der Waals surface area contributed by atoms with E-state index in [2.05, 4.69) is 0 Å².